The molecule has 0 radical (unpaired) electrons. The first kappa shape index (κ1) is 11.2. The molecule has 0 aliphatic carbocycles. The van der Waals surface area contributed by atoms with Gasteiger partial charge >= 0.3 is 0 Å². The van der Waals surface area contributed by atoms with Crippen LogP contribution in [0.3, 0.4) is 0 Å². The lowest BCUT2D eigenvalue weighted by Gasteiger charge is -2.08. The minimum absolute atomic E-state index is 0.929. The first-order valence-electron chi connectivity index (χ1n) is 5.54. The van der Waals surface area contributed by atoms with E-state index >= 15 is 0 Å². The third-order valence-corrected chi connectivity index (χ3v) is 3.27. The number of hydrogen-bond donors (Lipinski definition) is 1. The molecule has 2 heterocycles. The molecule has 0 fully saturated rings. The maximum Gasteiger partial charge on any atom is 0.0703 e. The molecule has 1 aromatic carbocycles. The van der Waals surface area contributed by atoms with Crippen molar-refractivity contribution in [2.75, 3.05) is 5.32 Å². The van der Waals surface area contributed by atoms with E-state index in [0.717, 1.165) is 26.8 Å². The third kappa shape index (κ3) is 2.19. The van der Waals surface area contributed by atoms with Crippen molar-refractivity contribution in [3.8, 4) is 0 Å². The molecule has 88 valence electrons. The van der Waals surface area contributed by atoms with Gasteiger partial charge in [-0.25, -0.2) is 0 Å². The minimum Gasteiger partial charge on any atom is -0.353 e. The molecule has 2 aromatic heterocycles. The molecule has 4 heteroatoms. The van der Waals surface area contributed by atoms with Gasteiger partial charge in [-0.1, -0.05) is 18.2 Å². The normalized spacial score (nSPS) is 10.5. The Bertz CT molecular complexity index is 697. The van der Waals surface area contributed by atoms with Gasteiger partial charge in [0.05, 0.1) is 27.6 Å². The number of benzene rings is 1. The average molecular weight is 300 g/mol. The zero-order chi connectivity index (χ0) is 12.4. The van der Waals surface area contributed by atoms with E-state index < -0.39 is 0 Å². The molecular weight excluding hydrogens is 290 g/mol. The summed E-state index contributed by atoms with van der Waals surface area (Å²) in [6.07, 6.45) is 5.34. The number of nitrogens with one attached hydrogen (secondary N) is 1. The van der Waals surface area contributed by atoms with Crippen molar-refractivity contribution in [1.82, 2.24) is 9.97 Å². The predicted molar refractivity (Wildman–Crippen MR) is 77.0 cm³/mol. The summed E-state index contributed by atoms with van der Waals surface area (Å²) in [6, 6.07) is 12.0. The largest absolute Gasteiger partial charge is 0.353 e. The van der Waals surface area contributed by atoms with E-state index in [-0.39, 0.29) is 0 Å². The second kappa shape index (κ2) is 4.74. The zero-order valence-corrected chi connectivity index (χ0v) is 11.1. The molecular formula is C14H10BrN3. The van der Waals surface area contributed by atoms with E-state index in [0.29, 0.717) is 0 Å². The van der Waals surface area contributed by atoms with Crippen molar-refractivity contribution in [3.63, 3.8) is 0 Å². The van der Waals surface area contributed by atoms with Crippen LogP contribution in [0.2, 0.25) is 0 Å². The Balaban J connectivity index is 1.98. The highest BCUT2D eigenvalue weighted by atomic mass is 79.9. The van der Waals surface area contributed by atoms with Crippen LogP contribution >= 0.6 is 15.9 Å². The van der Waals surface area contributed by atoms with Crippen LogP contribution in [0.5, 0.6) is 0 Å². The summed E-state index contributed by atoms with van der Waals surface area (Å²) in [5.74, 6) is 0. The van der Waals surface area contributed by atoms with Gasteiger partial charge in [-0.05, 0) is 34.1 Å². The summed E-state index contributed by atoms with van der Waals surface area (Å²) in [6.45, 7) is 0. The van der Waals surface area contributed by atoms with Crippen LogP contribution in [-0.4, -0.2) is 9.97 Å². The lowest BCUT2D eigenvalue weighted by Crippen LogP contribution is -1.93. The SMILES string of the molecule is Brc1cnccc1Nc1cnc2ccccc2c1. The molecule has 0 atom stereocenters. The van der Waals surface area contributed by atoms with Crippen LogP contribution in [0.4, 0.5) is 11.4 Å². The number of para-hydroxylation sites is 1. The van der Waals surface area contributed by atoms with Gasteiger partial charge in [0.2, 0.25) is 0 Å². The molecule has 0 spiro atoms. The minimum atomic E-state index is 0.929. The second-order valence-electron chi connectivity index (χ2n) is 3.90. The Morgan fingerprint density at radius 1 is 1.06 bits per heavy atom. The Kier molecular flexibility index (Phi) is 2.94. The fourth-order valence-electron chi connectivity index (χ4n) is 1.77. The Labute approximate surface area is 113 Å². The molecule has 0 bridgehead atoms. The number of anilines is 2. The number of fused-ring (bicyclic) bond motifs is 1. The van der Waals surface area contributed by atoms with Gasteiger partial charge in [0.15, 0.2) is 0 Å². The van der Waals surface area contributed by atoms with Crippen molar-refractivity contribution in [2.45, 2.75) is 0 Å². The maximum atomic E-state index is 4.41. The zero-order valence-electron chi connectivity index (χ0n) is 9.47. The number of hydrogen-bond acceptors (Lipinski definition) is 3. The third-order valence-electron chi connectivity index (χ3n) is 2.64. The quantitative estimate of drug-likeness (QED) is 0.773. The molecule has 0 amide bonds. The molecule has 0 aliphatic heterocycles. The highest BCUT2D eigenvalue weighted by Crippen LogP contribution is 2.25. The Morgan fingerprint density at radius 2 is 1.94 bits per heavy atom. The molecule has 0 saturated carbocycles. The van der Waals surface area contributed by atoms with E-state index in [1.165, 1.54) is 0 Å². The highest BCUT2D eigenvalue weighted by Gasteiger charge is 2.01. The van der Waals surface area contributed by atoms with Crippen LogP contribution in [0.1, 0.15) is 0 Å². The highest BCUT2D eigenvalue weighted by molar-refractivity contribution is 9.10. The molecule has 0 unspecified atom stereocenters. The average Bonchev–Trinajstić information content (AvgIpc) is 2.41. The molecule has 3 rings (SSSR count). The topological polar surface area (TPSA) is 37.8 Å². The fourth-order valence-corrected chi connectivity index (χ4v) is 2.12. The molecule has 3 aromatic rings. The maximum absolute atomic E-state index is 4.41. The number of nitrogens with zero attached hydrogens (tertiary/aromatic N) is 2. The Morgan fingerprint density at radius 3 is 2.83 bits per heavy atom. The number of halogens is 1. The van der Waals surface area contributed by atoms with Crippen molar-refractivity contribution < 1.29 is 0 Å². The van der Waals surface area contributed by atoms with E-state index in [9.17, 15) is 0 Å². The van der Waals surface area contributed by atoms with Gasteiger partial charge in [0, 0.05) is 17.8 Å². The molecule has 0 saturated heterocycles. The van der Waals surface area contributed by atoms with E-state index in [1.54, 1.807) is 12.4 Å². The van der Waals surface area contributed by atoms with Crippen molar-refractivity contribution in [2.24, 2.45) is 0 Å². The summed E-state index contributed by atoms with van der Waals surface area (Å²) in [5.41, 5.74) is 2.93. The van der Waals surface area contributed by atoms with Crippen molar-refractivity contribution >= 4 is 38.2 Å². The monoisotopic (exact) mass is 299 g/mol. The molecule has 0 aliphatic rings. The number of aromatic nitrogens is 2. The molecule has 1 N–H and O–H groups in total. The van der Waals surface area contributed by atoms with Gasteiger partial charge in [-0.15, -0.1) is 0 Å². The van der Waals surface area contributed by atoms with Gasteiger partial charge < -0.3 is 5.32 Å². The second-order valence-corrected chi connectivity index (χ2v) is 4.75. The smallest absolute Gasteiger partial charge is 0.0703 e. The van der Waals surface area contributed by atoms with Crippen LogP contribution in [0, 0.1) is 0 Å². The Hall–Kier alpha value is -1.94. The number of pyridine rings is 2. The van der Waals surface area contributed by atoms with Gasteiger partial charge in [-0.2, -0.15) is 0 Å². The summed E-state index contributed by atoms with van der Waals surface area (Å²) in [7, 11) is 0. The van der Waals surface area contributed by atoms with Crippen LogP contribution in [0.25, 0.3) is 10.9 Å². The van der Waals surface area contributed by atoms with Gasteiger partial charge in [-0.3, -0.25) is 9.97 Å². The van der Waals surface area contributed by atoms with Gasteiger partial charge in [0.1, 0.15) is 0 Å². The summed E-state index contributed by atoms with van der Waals surface area (Å²) in [4.78, 5) is 8.45. The lowest BCUT2D eigenvalue weighted by molar-refractivity contribution is 1.30. The first-order chi connectivity index (χ1) is 8.83. The van der Waals surface area contributed by atoms with E-state index in [1.807, 2.05) is 30.5 Å². The van der Waals surface area contributed by atoms with Crippen LogP contribution in [0.15, 0.2) is 59.5 Å². The van der Waals surface area contributed by atoms with E-state index in [2.05, 4.69) is 43.3 Å². The van der Waals surface area contributed by atoms with Crippen LogP contribution in [-0.2, 0) is 0 Å². The molecule has 3 nitrogen and oxygen atoms in total. The fraction of sp³-hybridized carbons (Fsp3) is 0. The summed E-state index contributed by atoms with van der Waals surface area (Å²) in [5, 5.41) is 4.43. The standard InChI is InChI=1S/C14H10BrN3/c15-12-9-16-6-5-14(12)18-11-7-10-3-1-2-4-13(10)17-8-11/h1-9H,(H,16,18). The van der Waals surface area contributed by atoms with Crippen molar-refractivity contribution in [3.05, 3.63) is 59.5 Å². The summed E-state index contributed by atoms with van der Waals surface area (Å²) >= 11 is 3.46. The van der Waals surface area contributed by atoms with Crippen molar-refractivity contribution in [1.29, 1.82) is 0 Å². The first-order valence-corrected chi connectivity index (χ1v) is 6.33. The van der Waals surface area contributed by atoms with E-state index in [4.69, 9.17) is 0 Å². The lowest BCUT2D eigenvalue weighted by atomic mass is 10.2. The van der Waals surface area contributed by atoms with Gasteiger partial charge in [0.25, 0.3) is 0 Å². The van der Waals surface area contributed by atoms with Crippen LogP contribution < -0.4 is 5.32 Å². The predicted octanol–water partition coefficient (Wildman–Crippen LogP) is 4.14. The summed E-state index contributed by atoms with van der Waals surface area (Å²) < 4.78 is 0.929. The molecule has 18 heavy (non-hydrogen) atoms. The number of rotatable bonds is 2.